The second-order valence-electron chi connectivity index (χ2n) is 6.87. The summed E-state index contributed by atoms with van der Waals surface area (Å²) < 4.78 is 15.8. The zero-order chi connectivity index (χ0) is 23.6. The van der Waals surface area contributed by atoms with Crippen LogP contribution in [0.5, 0.6) is 11.5 Å². The Bertz CT molecular complexity index is 1210. The first kappa shape index (κ1) is 23.1. The van der Waals surface area contributed by atoms with Crippen LogP contribution in [0.25, 0.3) is 6.08 Å². The lowest BCUT2D eigenvalue weighted by Gasteiger charge is -2.10. The lowest BCUT2D eigenvalue weighted by atomic mass is 10.1. The molecule has 0 saturated heterocycles. The number of carbonyl (C=O) groups excluding carboxylic acids is 2. The molecule has 166 valence electrons. The Morgan fingerprint density at radius 3 is 2.45 bits per heavy atom. The first-order valence-electron chi connectivity index (χ1n) is 10.0. The van der Waals surface area contributed by atoms with Gasteiger partial charge in [-0.25, -0.2) is 4.79 Å². The van der Waals surface area contributed by atoms with Crippen molar-refractivity contribution in [1.29, 1.82) is 5.26 Å². The number of esters is 1. The number of para-hydroxylation sites is 1. The predicted molar refractivity (Wildman–Crippen MR) is 124 cm³/mol. The fourth-order valence-corrected chi connectivity index (χ4v) is 2.95. The van der Waals surface area contributed by atoms with Crippen molar-refractivity contribution in [3.05, 3.63) is 95.1 Å². The van der Waals surface area contributed by atoms with Crippen LogP contribution in [0.15, 0.2) is 78.4 Å². The molecule has 0 aliphatic carbocycles. The Balaban J connectivity index is 1.74. The summed E-state index contributed by atoms with van der Waals surface area (Å²) in [6.45, 7) is 0.240. The van der Waals surface area contributed by atoms with Crippen molar-refractivity contribution in [3.8, 4) is 17.6 Å². The fourth-order valence-electron chi connectivity index (χ4n) is 2.95. The number of anilines is 1. The minimum Gasteiger partial charge on any atom is -0.497 e. The molecule has 0 atom stereocenters. The van der Waals surface area contributed by atoms with Gasteiger partial charge < -0.3 is 19.5 Å². The topological polar surface area (TPSA) is 97.7 Å². The molecule has 3 rings (SSSR count). The maximum atomic E-state index is 12.6. The number of methoxy groups -OCH3 is 2. The van der Waals surface area contributed by atoms with Crippen LogP contribution in [0, 0.1) is 11.3 Å². The normalized spacial score (nSPS) is 10.6. The summed E-state index contributed by atoms with van der Waals surface area (Å²) in [5.41, 5.74) is 2.32. The summed E-state index contributed by atoms with van der Waals surface area (Å²) >= 11 is 0. The summed E-state index contributed by atoms with van der Waals surface area (Å²) in [4.78, 5) is 24.2. The number of nitrogens with one attached hydrogen (secondary N) is 1. The number of nitriles is 1. The zero-order valence-electron chi connectivity index (χ0n) is 18.2. The largest absolute Gasteiger partial charge is 0.497 e. The zero-order valence-corrected chi connectivity index (χ0v) is 18.2. The fraction of sp³-hybridized carbons (Fsp3) is 0.115. The highest BCUT2D eigenvalue weighted by molar-refractivity contribution is 6.09. The van der Waals surface area contributed by atoms with Crippen molar-refractivity contribution in [2.75, 3.05) is 19.5 Å². The van der Waals surface area contributed by atoms with Gasteiger partial charge in [0.1, 0.15) is 29.7 Å². The maximum Gasteiger partial charge on any atom is 0.337 e. The van der Waals surface area contributed by atoms with Crippen LogP contribution in [0.2, 0.25) is 0 Å². The second kappa shape index (κ2) is 11.2. The number of nitrogens with zero attached hydrogens (tertiary/aromatic N) is 1. The van der Waals surface area contributed by atoms with E-state index in [1.54, 1.807) is 72.8 Å². The van der Waals surface area contributed by atoms with E-state index < -0.39 is 11.9 Å². The standard InChI is InChI=1S/C26H22N2O5/c1-31-23-8-5-7-22(15-23)28-25(29)21(16-27)14-20-6-3-4-9-24(20)33-17-18-10-12-19(13-11-18)26(30)32-2/h3-15H,17H2,1-2H3,(H,28,29)/b21-14+. The number of benzene rings is 3. The summed E-state index contributed by atoms with van der Waals surface area (Å²) in [6, 6.07) is 22.8. The molecule has 1 N–H and O–H groups in total. The number of amides is 1. The summed E-state index contributed by atoms with van der Waals surface area (Å²) in [6.07, 6.45) is 1.48. The molecule has 0 fully saturated rings. The number of carbonyl (C=O) groups is 2. The monoisotopic (exact) mass is 442 g/mol. The Kier molecular flexibility index (Phi) is 7.81. The van der Waals surface area contributed by atoms with Gasteiger partial charge in [0.25, 0.3) is 5.91 Å². The van der Waals surface area contributed by atoms with Crippen LogP contribution in [0.1, 0.15) is 21.5 Å². The minimum absolute atomic E-state index is 0.0729. The van der Waals surface area contributed by atoms with Crippen LogP contribution in [0.3, 0.4) is 0 Å². The molecule has 3 aromatic carbocycles. The van der Waals surface area contributed by atoms with Gasteiger partial charge in [0, 0.05) is 17.3 Å². The highest BCUT2D eigenvalue weighted by Gasteiger charge is 2.12. The molecular formula is C26H22N2O5. The van der Waals surface area contributed by atoms with Crippen molar-refractivity contribution >= 4 is 23.6 Å². The second-order valence-corrected chi connectivity index (χ2v) is 6.87. The molecule has 0 saturated carbocycles. The third-order valence-electron chi connectivity index (χ3n) is 4.68. The highest BCUT2D eigenvalue weighted by Crippen LogP contribution is 2.23. The van der Waals surface area contributed by atoms with Gasteiger partial charge in [-0.05, 0) is 42.0 Å². The van der Waals surface area contributed by atoms with E-state index >= 15 is 0 Å². The number of hydrogen-bond donors (Lipinski definition) is 1. The molecule has 7 heteroatoms. The highest BCUT2D eigenvalue weighted by atomic mass is 16.5. The molecule has 0 bridgehead atoms. The van der Waals surface area contributed by atoms with Crippen molar-refractivity contribution in [2.24, 2.45) is 0 Å². The van der Waals surface area contributed by atoms with Gasteiger partial charge in [-0.1, -0.05) is 36.4 Å². The average molecular weight is 442 g/mol. The first-order valence-corrected chi connectivity index (χ1v) is 10.0. The van der Waals surface area contributed by atoms with Crippen molar-refractivity contribution < 1.29 is 23.8 Å². The molecular weight excluding hydrogens is 420 g/mol. The molecule has 0 aromatic heterocycles. The van der Waals surface area contributed by atoms with E-state index in [4.69, 9.17) is 14.2 Å². The molecule has 7 nitrogen and oxygen atoms in total. The molecule has 1 amide bonds. The van der Waals surface area contributed by atoms with Crippen LogP contribution in [0.4, 0.5) is 5.69 Å². The third kappa shape index (κ3) is 6.21. The van der Waals surface area contributed by atoms with E-state index in [1.165, 1.54) is 20.3 Å². The van der Waals surface area contributed by atoms with E-state index in [9.17, 15) is 14.9 Å². The quantitative estimate of drug-likeness (QED) is 0.311. The molecule has 3 aromatic rings. The van der Waals surface area contributed by atoms with Gasteiger partial charge in [-0.15, -0.1) is 0 Å². The summed E-state index contributed by atoms with van der Waals surface area (Å²) in [7, 11) is 2.86. The van der Waals surface area contributed by atoms with E-state index in [0.717, 1.165) is 5.56 Å². The van der Waals surface area contributed by atoms with Crippen LogP contribution < -0.4 is 14.8 Å². The van der Waals surface area contributed by atoms with Gasteiger partial charge >= 0.3 is 5.97 Å². The van der Waals surface area contributed by atoms with E-state index in [-0.39, 0.29) is 12.2 Å². The van der Waals surface area contributed by atoms with Gasteiger partial charge in [0.15, 0.2) is 0 Å². The Morgan fingerprint density at radius 2 is 1.76 bits per heavy atom. The summed E-state index contributed by atoms with van der Waals surface area (Å²) in [5.74, 6) is 0.151. The lowest BCUT2D eigenvalue weighted by molar-refractivity contribution is -0.112. The molecule has 0 aliphatic heterocycles. The molecule has 0 spiro atoms. The van der Waals surface area contributed by atoms with E-state index in [1.807, 2.05) is 6.07 Å². The van der Waals surface area contributed by atoms with Crippen LogP contribution >= 0.6 is 0 Å². The molecule has 0 unspecified atom stereocenters. The molecule has 0 radical (unpaired) electrons. The lowest BCUT2D eigenvalue weighted by Crippen LogP contribution is -2.13. The Hall–Kier alpha value is -4.57. The minimum atomic E-state index is -0.543. The first-order chi connectivity index (χ1) is 16.0. The predicted octanol–water partition coefficient (Wildman–Crippen LogP) is 4.61. The van der Waals surface area contributed by atoms with Gasteiger partial charge in [0.05, 0.1) is 19.8 Å². The molecule has 0 aliphatic rings. The van der Waals surface area contributed by atoms with E-state index in [0.29, 0.717) is 28.3 Å². The molecule has 33 heavy (non-hydrogen) atoms. The number of hydrogen-bond acceptors (Lipinski definition) is 6. The van der Waals surface area contributed by atoms with Crippen LogP contribution in [-0.2, 0) is 16.1 Å². The number of rotatable bonds is 8. The smallest absolute Gasteiger partial charge is 0.337 e. The van der Waals surface area contributed by atoms with Gasteiger partial charge in [0.2, 0.25) is 0 Å². The van der Waals surface area contributed by atoms with Gasteiger partial charge in [-0.3, -0.25) is 4.79 Å². The Labute approximate surface area is 191 Å². The Morgan fingerprint density at radius 1 is 1.00 bits per heavy atom. The van der Waals surface area contributed by atoms with Gasteiger partial charge in [-0.2, -0.15) is 5.26 Å². The van der Waals surface area contributed by atoms with E-state index in [2.05, 4.69) is 5.32 Å². The van der Waals surface area contributed by atoms with Crippen molar-refractivity contribution in [2.45, 2.75) is 6.61 Å². The van der Waals surface area contributed by atoms with Crippen molar-refractivity contribution in [1.82, 2.24) is 0 Å². The number of ether oxygens (including phenoxy) is 3. The van der Waals surface area contributed by atoms with Crippen LogP contribution in [-0.4, -0.2) is 26.1 Å². The SMILES string of the molecule is COC(=O)c1ccc(COc2ccccc2/C=C(\C#N)C(=O)Nc2cccc(OC)c2)cc1. The summed E-state index contributed by atoms with van der Waals surface area (Å²) in [5, 5.41) is 12.2. The molecule has 0 heterocycles. The maximum absolute atomic E-state index is 12.6. The van der Waals surface area contributed by atoms with Crippen molar-refractivity contribution in [3.63, 3.8) is 0 Å². The average Bonchev–Trinajstić information content (AvgIpc) is 2.86. The third-order valence-corrected chi connectivity index (χ3v) is 4.68.